The number of hydrogen-bond donors (Lipinski definition) is 1. The number of aryl methyl sites for hydroxylation is 1. The number of anilines is 1. The minimum atomic E-state index is -0.702. The molecule has 98 valence electrons. The van der Waals surface area contributed by atoms with Crippen molar-refractivity contribution in [3.8, 4) is 0 Å². The third kappa shape index (κ3) is 3.16. The van der Waals surface area contributed by atoms with Crippen molar-refractivity contribution in [2.75, 3.05) is 18.0 Å². The van der Waals surface area contributed by atoms with E-state index >= 15 is 0 Å². The van der Waals surface area contributed by atoms with Crippen molar-refractivity contribution in [2.45, 2.75) is 26.2 Å². The maximum absolute atomic E-state index is 10.6. The summed E-state index contributed by atoms with van der Waals surface area (Å²) in [6, 6.07) is 6.11. The van der Waals surface area contributed by atoms with Crippen LogP contribution in [0.3, 0.4) is 0 Å². The van der Waals surface area contributed by atoms with E-state index in [2.05, 4.69) is 11.0 Å². The van der Waals surface area contributed by atoms with Gasteiger partial charge in [0.05, 0.1) is 0 Å². The zero-order valence-electron chi connectivity index (χ0n) is 10.5. The van der Waals surface area contributed by atoms with Crippen molar-refractivity contribution in [2.24, 2.45) is 5.92 Å². The smallest absolute Gasteiger partial charge is 0.303 e. The maximum Gasteiger partial charge on any atom is 0.303 e. The number of carboxylic acids is 1. The van der Waals surface area contributed by atoms with Crippen molar-refractivity contribution in [1.82, 2.24) is 0 Å². The number of benzene rings is 1. The molecule has 1 unspecified atom stereocenters. The Kier molecular flexibility index (Phi) is 4.12. The van der Waals surface area contributed by atoms with Gasteiger partial charge in [-0.05, 0) is 43.4 Å². The minimum Gasteiger partial charge on any atom is -0.481 e. The van der Waals surface area contributed by atoms with E-state index in [-0.39, 0.29) is 6.42 Å². The van der Waals surface area contributed by atoms with Crippen LogP contribution in [-0.4, -0.2) is 24.2 Å². The molecule has 1 atom stereocenters. The summed E-state index contributed by atoms with van der Waals surface area (Å²) in [7, 11) is 0. The summed E-state index contributed by atoms with van der Waals surface area (Å²) in [6.45, 7) is 3.92. The molecule has 0 amide bonds. The van der Waals surface area contributed by atoms with Crippen molar-refractivity contribution in [3.63, 3.8) is 0 Å². The van der Waals surface area contributed by atoms with E-state index in [1.54, 1.807) is 0 Å². The fourth-order valence-corrected chi connectivity index (χ4v) is 2.58. The number of carbonyl (C=O) groups is 1. The van der Waals surface area contributed by atoms with Crippen LogP contribution in [0.25, 0.3) is 0 Å². The Balaban J connectivity index is 1.95. The number of rotatable bonds is 4. The van der Waals surface area contributed by atoms with Gasteiger partial charge in [-0.3, -0.25) is 4.79 Å². The molecule has 0 aliphatic carbocycles. The van der Waals surface area contributed by atoms with Gasteiger partial charge in [0, 0.05) is 30.2 Å². The van der Waals surface area contributed by atoms with E-state index < -0.39 is 5.97 Å². The van der Waals surface area contributed by atoms with Crippen LogP contribution in [0.4, 0.5) is 5.69 Å². The minimum absolute atomic E-state index is 0.271. The second-order valence-electron chi connectivity index (χ2n) is 4.97. The topological polar surface area (TPSA) is 40.5 Å². The molecule has 0 radical (unpaired) electrons. The van der Waals surface area contributed by atoms with Crippen LogP contribution >= 0.6 is 11.6 Å². The Hall–Kier alpha value is -1.22. The number of aliphatic carboxylic acids is 1. The third-order valence-electron chi connectivity index (χ3n) is 3.57. The normalized spacial score (nSPS) is 19.2. The molecular formula is C14H18ClNO2. The molecule has 1 heterocycles. The van der Waals surface area contributed by atoms with Gasteiger partial charge < -0.3 is 10.0 Å². The fraction of sp³-hybridized carbons (Fsp3) is 0.500. The lowest BCUT2D eigenvalue weighted by molar-refractivity contribution is -0.137. The Morgan fingerprint density at radius 3 is 3.00 bits per heavy atom. The highest BCUT2D eigenvalue weighted by molar-refractivity contribution is 6.31. The van der Waals surface area contributed by atoms with Crippen LogP contribution in [0, 0.1) is 12.8 Å². The van der Waals surface area contributed by atoms with E-state index in [0.29, 0.717) is 5.92 Å². The van der Waals surface area contributed by atoms with Crippen molar-refractivity contribution >= 4 is 23.3 Å². The Morgan fingerprint density at radius 2 is 2.33 bits per heavy atom. The highest BCUT2D eigenvalue weighted by Crippen LogP contribution is 2.29. The summed E-state index contributed by atoms with van der Waals surface area (Å²) < 4.78 is 0. The van der Waals surface area contributed by atoms with Crippen LogP contribution in [0.15, 0.2) is 18.2 Å². The molecule has 3 nitrogen and oxygen atoms in total. The van der Waals surface area contributed by atoms with Gasteiger partial charge in [-0.25, -0.2) is 0 Å². The van der Waals surface area contributed by atoms with Crippen molar-refractivity contribution in [1.29, 1.82) is 0 Å². The van der Waals surface area contributed by atoms with Crippen molar-refractivity contribution in [3.05, 3.63) is 28.8 Å². The molecule has 1 fully saturated rings. The largest absolute Gasteiger partial charge is 0.481 e. The van der Waals surface area contributed by atoms with Crippen LogP contribution in [0.5, 0.6) is 0 Å². The van der Waals surface area contributed by atoms with Gasteiger partial charge in [-0.2, -0.15) is 0 Å². The first kappa shape index (κ1) is 13.2. The van der Waals surface area contributed by atoms with Gasteiger partial charge in [-0.1, -0.05) is 17.7 Å². The molecule has 4 heteroatoms. The molecule has 18 heavy (non-hydrogen) atoms. The number of halogens is 1. The first-order valence-electron chi connectivity index (χ1n) is 6.29. The highest BCUT2D eigenvalue weighted by atomic mass is 35.5. The predicted molar refractivity (Wildman–Crippen MR) is 73.4 cm³/mol. The molecule has 1 aromatic carbocycles. The average molecular weight is 268 g/mol. The molecule has 0 aromatic heterocycles. The van der Waals surface area contributed by atoms with Gasteiger partial charge in [0.2, 0.25) is 0 Å². The van der Waals surface area contributed by atoms with Gasteiger partial charge >= 0.3 is 5.97 Å². The van der Waals surface area contributed by atoms with E-state index in [4.69, 9.17) is 16.7 Å². The summed E-state index contributed by atoms with van der Waals surface area (Å²) >= 11 is 6.13. The molecule has 1 saturated heterocycles. The lowest BCUT2D eigenvalue weighted by Gasteiger charge is -2.19. The average Bonchev–Trinajstić information content (AvgIpc) is 2.79. The Bertz CT molecular complexity index is 447. The molecule has 1 N–H and O–H groups in total. The molecule has 0 spiro atoms. The third-order valence-corrected chi connectivity index (χ3v) is 3.98. The SMILES string of the molecule is Cc1ccc(N2CCC(CCC(=O)O)C2)cc1Cl. The summed E-state index contributed by atoms with van der Waals surface area (Å²) in [5, 5.41) is 9.49. The lowest BCUT2D eigenvalue weighted by atomic mass is 10.0. The number of nitrogens with zero attached hydrogens (tertiary/aromatic N) is 1. The second kappa shape index (κ2) is 5.61. The second-order valence-corrected chi connectivity index (χ2v) is 5.37. The highest BCUT2D eigenvalue weighted by Gasteiger charge is 2.23. The van der Waals surface area contributed by atoms with Crippen molar-refractivity contribution < 1.29 is 9.90 Å². The zero-order chi connectivity index (χ0) is 13.1. The van der Waals surface area contributed by atoms with Crippen LogP contribution < -0.4 is 4.90 Å². The van der Waals surface area contributed by atoms with Gasteiger partial charge in [0.25, 0.3) is 0 Å². The molecule has 0 saturated carbocycles. The molecule has 2 rings (SSSR count). The summed E-state index contributed by atoms with van der Waals surface area (Å²) in [5.41, 5.74) is 2.23. The molecule has 1 aliphatic heterocycles. The fourth-order valence-electron chi connectivity index (χ4n) is 2.41. The number of carboxylic acid groups (broad SMARTS) is 1. The quantitative estimate of drug-likeness (QED) is 0.910. The van der Waals surface area contributed by atoms with E-state index in [1.165, 1.54) is 0 Å². The summed E-state index contributed by atoms with van der Waals surface area (Å²) in [4.78, 5) is 12.8. The van der Waals surface area contributed by atoms with Gasteiger partial charge in [-0.15, -0.1) is 0 Å². The predicted octanol–water partition coefficient (Wildman–Crippen LogP) is 3.34. The van der Waals surface area contributed by atoms with E-state index in [1.807, 2.05) is 19.1 Å². The molecule has 1 aromatic rings. The maximum atomic E-state index is 10.6. The first-order valence-corrected chi connectivity index (χ1v) is 6.67. The number of hydrogen-bond acceptors (Lipinski definition) is 2. The zero-order valence-corrected chi connectivity index (χ0v) is 11.3. The van der Waals surface area contributed by atoms with E-state index in [9.17, 15) is 4.79 Å². The van der Waals surface area contributed by atoms with Crippen LogP contribution in [-0.2, 0) is 4.79 Å². The molecule has 0 bridgehead atoms. The first-order chi connectivity index (χ1) is 8.56. The summed E-state index contributed by atoms with van der Waals surface area (Å²) in [5.74, 6) is -0.215. The van der Waals surface area contributed by atoms with Crippen LogP contribution in [0.1, 0.15) is 24.8 Å². The van der Waals surface area contributed by atoms with Gasteiger partial charge in [0.15, 0.2) is 0 Å². The summed E-state index contributed by atoms with van der Waals surface area (Å²) in [6.07, 6.45) is 2.11. The standard InChI is InChI=1S/C14H18ClNO2/c1-10-2-4-12(8-13(10)15)16-7-6-11(9-16)3-5-14(17)18/h2,4,8,11H,3,5-7,9H2,1H3,(H,17,18). The monoisotopic (exact) mass is 267 g/mol. The Labute approximate surface area is 112 Å². The lowest BCUT2D eigenvalue weighted by Crippen LogP contribution is -2.19. The van der Waals surface area contributed by atoms with E-state index in [0.717, 1.165) is 42.2 Å². The van der Waals surface area contributed by atoms with Gasteiger partial charge in [0.1, 0.15) is 0 Å². The van der Waals surface area contributed by atoms with Crippen LogP contribution in [0.2, 0.25) is 5.02 Å². The molecular weight excluding hydrogens is 250 g/mol. The Morgan fingerprint density at radius 1 is 1.56 bits per heavy atom. The molecule has 1 aliphatic rings.